The van der Waals surface area contributed by atoms with E-state index in [4.69, 9.17) is 20.9 Å². The molecule has 20 heteroatoms. The fourth-order valence-electron chi connectivity index (χ4n) is 12.0. The van der Waals surface area contributed by atoms with Gasteiger partial charge in [0.1, 0.15) is 34.8 Å². The number of nitrogens with one attached hydrogen (secondary N) is 2. The summed E-state index contributed by atoms with van der Waals surface area (Å²) in [6.07, 6.45) is 3.63. The van der Waals surface area contributed by atoms with Gasteiger partial charge in [0.2, 0.25) is 5.91 Å². The summed E-state index contributed by atoms with van der Waals surface area (Å²) in [5.74, 6) is -6.11. The summed E-state index contributed by atoms with van der Waals surface area (Å²) in [5.41, 5.74) is 19.0. The highest BCUT2D eigenvalue weighted by Crippen LogP contribution is 2.49. The lowest BCUT2D eigenvalue weighted by molar-refractivity contribution is -0.137. The summed E-state index contributed by atoms with van der Waals surface area (Å²) >= 11 is 1.69. The van der Waals surface area contributed by atoms with E-state index in [0.717, 1.165) is 59.4 Å². The van der Waals surface area contributed by atoms with Crippen molar-refractivity contribution in [1.82, 2.24) is 20.4 Å². The molecule has 1 aromatic heterocycles. The number of amides is 3. The Hall–Kier alpha value is -8.01. The first kappa shape index (κ1) is 73.0. The van der Waals surface area contributed by atoms with Crippen LogP contribution in [0.2, 0.25) is 0 Å². The number of aliphatic carboxylic acids is 1. The highest BCUT2D eigenvalue weighted by Gasteiger charge is 2.56. The molecule has 1 aliphatic rings. The maximum atomic E-state index is 15.0. The molecule has 5 atom stereocenters. The van der Waals surface area contributed by atoms with Crippen LogP contribution in [-0.2, 0) is 44.0 Å². The Labute approximate surface area is 542 Å². The van der Waals surface area contributed by atoms with E-state index in [1.165, 1.54) is 40.7 Å². The molecule has 494 valence electrons. The Morgan fingerprint density at radius 3 is 1.82 bits per heavy atom. The van der Waals surface area contributed by atoms with Crippen LogP contribution in [0.4, 0.5) is 28.0 Å². The van der Waals surface area contributed by atoms with E-state index in [9.17, 15) is 46.6 Å². The number of anilines is 1. The number of nitrogens with two attached hydrogens (primary N) is 2. The fraction of sp³-hybridized carbons (Fsp3) is 0.403. The van der Waals surface area contributed by atoms with Crippen molar-refractivity contribution >= 4 is 46.9 Å². The Balaban J connectivity index is 0.000000292. The summed E-state index contributed by atoms with van der Waals surface area (Å²) in [6.45, 7) is 18.9. The Morgan fingerprint density at radius 1 is 0.685 bits per heavy atom. The van der Waals surface area contributed by atoms with Crippen molar-refractivity contribution in [3.8, 4) is 10.4 Å². The van der Waals surface area contributed by atoms with Crippen LogP contribution in [0, 0.1) is 43.0 Å². The number of allylic oxidation sites excluding steroid dienone is 2. The molecule has 0 aliphatic heterocycles. The summed E-state index contributed by atoms with van der Waals surface area (Å²) < 4.78 is 68.6. The summed E-state index contributed by atoms with van der Waals surface area (Å²) in [4.78, 5) is 72.3. The number of halogens is 4. The van der Waals surface area contributed by atoms with Gasteiger partial charge in [-0.3, -0.25) is 14.5 Å². The van der Waals surface area contributed by atoms with Gasteiger partial charge in [-0.25, -0.2) is 31.9 Å². The van der Waals surface area contributed by atoms with Gasteiger partial charge < -0.3 is 46.5 Å². The molecule has 92 heavy (non-hydrogen) atoms. The fourth-order valence-corrected chi connectivity index (χ4v) is 12.9. The number of aryl methyl sites for hydroxylation is 2. The molecule has 7 rings (SSSR count). The van der Waals surface area contributed by atoms with E-state index in [1.807, 2.05) is 71.9 Å². The molecule has 0 fully saturated rings. The first-order chi connectivity index (χ1) is 43.9. The van der Waals surface area contributed by atoms with E-state index < -0.39 is 70.8 Å². The molecule has 7 N–H and O–H groups in total. The van der Waals surface area contributed by atoms with Crippen molar-refractivity contribution in [2.24, 2.45) is 17.4 Å². The van der Waals surface area contributed by atoms with Gasteiger partial charge in [0.25, 0.3) is 5.91 Å². The Kier molecular flexibility index (Phi) is 27.5. The van der Waals surface area contributed by atoms with Gasteiger partial charge in [0, 0.05) is 93.7 Å². The lowest BCUT2D eigenvalue weighted by Crippen LogP contribution is -2.62. The standard InChI is InChI=1S/C37H43F2N3O3S.C35H46F2N4O5/c1-5-10-42(11-6-2)36(43)29-12-24(3)13-30(19-29)37(44)45-34(33(40)18-27-16-31(38)20-32(39)17-27)22-41-21-26-8-7-9-28(15-26)35-14-25(4)23-46-35;1-7-13-41(14-8-2)33(44)35(25-17-26(36)19-27(37)18-25)30(22(4)15-29(31(35)38)32(42)43)24(9-3)21-39-20-23-11-10-12-28(16-23)40(5)34(45)46-6/h7-9,12-17,19-20,23,33-34,41H,5-6,10-11,18,21-22,40H2,1-4H3;10-12,15-19,24,31,39H,7-9,13-14,20-21,38H2,1-6H3,(H,42,43)/t33-,34+;24-,31+,35?/m00/s1. The minimum absolute atomic E-state index is 0.0158. The second kappa shape index (κ2) is 34.6. The minimum Gasteiger partial charge on any atom is -0.478 e. The lowest BCUT2D eigenvalue weighted by Gasteiger charge is -2.48. The highest BCUT2D eigenvalue weighted by atomic mass is 32.1. The Morgan fingerprint density at radius 2 is 1.25 bits per heavy atom. The monoisotopic (exact) mass is 1290 g/mol. The third-order valence-corrected chi connectivity index (χ3v) is 17.2. The number of thiophene rings is 1. The quantitative estimate of drug-likeness (QED) is 0.0219. The molecule has 1 aliphatic carbocycles. The molecule has 0 spiro atoms. The molecule has 15 nitrogen and oxygen atoms in total. The van der Waals surface area contributed by atoms with Crippen LogP contribution in [0.15, 0.2) is 137 Å². The van der Waals surface area contributed by atoms with Crippen LogP contribution in [-0.4, -0.2) is 116 Å². The van der Waals surface area contributed by atoms with E-state index in [2.05, 4.69) is 41.1 Å². The normalized spacial score (nSPS) is 15.5. The second-order valence-electron chi connectivity index (χ2n) is 23.5. The van der Waals surface area contributed by atoms with Crippen molar-refractivity contribution in [2.45, 2.75) is 131 Å². The molecule has 5 aromatic carbocycles. The van der Waals surface area contributed by atoms with Crippen LogP contribution in [0.25, 0.3) is 10.4 Å². The van der Waals surface area contributed by atoms with Crippen molar-refractivity contribution < 1.29 is 56.1 Å². The van der Waals surface area contributed by atoms with Gasteiger partial charge in [-0.05, 0) is 193 Å². The maximum absolute atomic E-state index is 15.0. The smallest absolute Gasteiger partial charge is 0.413 e. The second-order valence-corrected chi connectivity index (χ2v) is 24.4. The van der Waals surface area contributed by atoms with Gasteiger partial charge in [0.05, 0.1) is 24.3 Å². The number of hydrogen-bond acceptors (Lipinski definition) is 12. The number of hydrogen-bond donors (Lipinski definition) is 5. The van der Waals surface area contributed by atoms with Gasteiger partial charge in [-0.15, -0.1) is 11.3 Å². The number of carbonyl (C=O) groups is 5. The number of nitrogens with zero attached hydrogens (tertiary/aromatic N) is 3. The van der Waals surface area contributed by atoms with Crippen LogP contribution in [0.5, 0.6) is 0 Å². The van der Waals surface area contributed by atoms with Crippen molar-refractivity contribution in [1.29, 1.82) is 0 Å². The predicted molar refractivity (Wildman–Crippen MR) is 355 cm³/mol. The number of carboxylic acids is 1. The van der Waals surface area contributed by atoms with Crippen molar-refractivity contribution in [2.75, 3.05) is 58.3 Å². The zero-order valence-corrected chi connectivity index (χ0v) is 55.3. The topological polar surface area (TPSA) is 210 Å². The van der Waals surface area contributed by atoms with E-state index in [1.54, 1.807) is 59.4 Å². The molecule has 0 saturated heterocycles. The minimum atomic E-state index is -1.88. The zero-order chi connectivity index (χ0) is 67.4. The van der Waals surface area contributed by atoms with Crippen LogP contribution in [0.1, 0.15) is 128 Å². The number of ether oxygens (including phenoxy) is 2. The number of benzene rings is 5. The van der Waals surface area contributed by atoms with Gasteiger partial charge in [-0.1, -0.05) is 65.0 Å². The lowest BCUT2D eigenvalue weighted by atomic mass is 9.58. The molecule has 0 saturated carbocycles. The molecule has 3 amide bonds. The maximum Gasteiger partial charge on any atom is 0.413 e. The van der Waals surface area contributed by atoms with Crippen LogP contribution >= 0.6 is 11.3 Å². The van der Waals surface area contributed by atoms with Crippen molar-refractivity contribution in [3.05, 3.63) is 205 Å². The van der Waals surface area contributed by atoms with Gasteiger partial charge in [0.15, 0.2) is 0 Å². The molecule has 1 unspecified atom stereocenters. The zero-order valence-electron chi connectivity index (χ0n) is 54.5. The largest absolute Gasteiger partial charge is 0.478 e. The molecular formula is C72H89F4N7O8S. The molecule has 0 bridgehead atoms. The number of carbonyl (C=O) groups excluding carboxylic acids is 4. The summed E-state index contributed by atoms with van der Waals surface area (Å²) in [6, 6.07) is 26.7. The van der Waals surface area contributed by atoms with Gasteiger partial charge >= 0.3 is 18.0 Å². The van der Waals surface area contributed by atoms with E-state index >= 15 is 0 Å². The van der Waals surface area contributed by atoms with E-state index in [0.29, 0.717) is 93.0 Å². The van der Waals surface area contributed by atoms with E-state index in [-0.39, 0.29) is 41.5 Å². The van der Waals surface area contributed by atoms with Crippen molar-refractivity contribution in [3.63, 3.8) is 0 Å². The SMILES string of the molecule is CCCN(CCC)C(=O)C1(c2cc(F)cc(F)c2)C([C@@H](CC)CNCc2cccc(N(C)C(=O)OC)c2)=C(C)C=C(C(=O)O)[C@H]1N.CCCN(CCC)C(=O)c1cc(C)cc(C(=O)O[C@H](CNCc2cccc(-c3cc(C)cs3)c2)[C@@H](N)Cc2cc(F)cc(F)c2)c1. The average Bonchev–Trinajstić information content (AvgIpc) is 0.753. The molecule has 6 aromatic rings. The Bertz CT molecular complexity index is 3540. The first-order valence-electron chi connectivity index (χ1n) is 31.4. The van der Waals surface area contributed by atoms with Crippen LogP contribution < -0.4 is 27.0 Å². The number of carboxylic acid groups (broad SMARTS) is 1. The molecule has 1 heterocycles. The number of esters is 1. The molecule has 0 radical (unpaired) electrons. The highest BCUT2D eigenvalue weighted by molar-refractivity contribution is 7.13. The summed E-state index contributed by atoms with van der Waals surface area (Å²) in [5, 5.41) is 19.1. The van der Waals surface area contributed by atoms with Crippen LogP contribution in [0.3, 0.4) is 0 Å². The third-order valence-electron chi connectivity index (χ3n) is 16.1. The average molecular weight is 1290 g/mol. The number of methoxy groups -OCH3 is 1. The number of rotatable bonds is 29. The summed E-state index contributed by atoms with van der Waals surface area (Å²) in [7, 11) is 2.92. The first-order valence-corrected chi connectivity index (χ1v) is 32.3. The molecular weight excluding hydrogens is 1200 g/mol. The predicted octanol–water partition coefficient (Wildman–Crippen LogP) is 13.0. The third kappa shape index (κ3) is 18.8. The van der Waals surface area contributed by atoms with Gasteiger partial charge in [-0.2, -0.15) is 0 Å².